The maximum atomic E-state index is 10.6. The molecule has 4 nitrogen and oxygen atoms in total. The highest BCUT2D eigenvalue weighted by atomic mass is 35.5. The van der Waals surface area contributed by atoms with Crippen molar-refractivity contribution in [3.8, 4) is 0 Å². The molecule has 0 spiro atoms. The van der Waals surface area contributed by atoms with E-state index in [1.54, 1.807) is 0 Å². The van der Waals surface area contributed by atoms with Gasteiger partial charge in [-0.3, -0.25) is 0 Å². The monoisotopic (exact) mass is 232 g/mol. The van der Waals surface area contributed by atoms with Crippen LogP contribution in [0.15, 0.2) is 23.3 Å². The minimum atomic E-state index is -1.24. The van der Waals surface area contributed by atoms with Crippen molar-refractivity contribution in [1.82, 2.24) is 0 Å². The van der Waals surface area contributed by atoms with Gasteiger partial charge < -0.3 is 5.11 Å². The first-order valence-corrected chi connectivity index (χ1v) is 4.26. The average molecular weight is 233 g/mol. The number of rotatable bonds is 2. The van der Waals surface area contributed by atoms with Crippen molar-refractivity contribution in [3.63, 3.8) is 0 Å². The molecule has 1 rings (SSSR count). The largest absolute Gasteiger partial charge is 0.463 e. The zero-order valence-electron chi connectivity index (χ0n) is 6.94. The first-order chi connectivity index (χ1) is 6.56. The molecule has 0 radical (unpaired) electrons. The molecule has 1 N–H and O–H groups in total. The van der Waals surface area contributed by atoms with Gasteiger partial charge >= 0.3 is 6.09 Å². The topological polar surface area (TPSA) is 52.9 Å². The number of halogens is 2. The van der Waals surface area contributed by atoms with Gasteiger partial charge in [0.25, 0.3) is 0 Å². The van der Waals surface area contributed by atoms with Crippen molar-refractivity contribution < 1.29 is 9.90 Å². The third-order valence-corrected chi connectivity index (χ3v) is 2.21. The summed E-state index contributed by atoms with van der Waals surface area (Å²) in [6.45, 7) is 3.13. The van der Waals surface area contributed by atoms with Gasteiger partial charge in [0.2, 0.25) is 0 Å². The molecule has 0 aliphatic rings. The molecule has 0 unspecified atom stereocenters. The van der Waals surface area contributed by atoms with Crippen LogP contribution in [0.4, 0.5) is 10.5 Å². The molecule has 0 atom stereocenters. The predicted molar refractivity (Wildman–Crippen MR) is 56.5 cm³/mol. The molecule has 1 aromatic carbocycles. The quantitative estimate of drug-likeness (QED) is 0.630. The predicted octanol–water partition coefficient (Wildman–Crippen LogP) is 3.09. The highest BCUT2D eigenvalue weighted by Gasteiger charge is 2.13. The Morgan fingerprint density at radius 3 is 2.50 bits per heavy atom. The zero-order valence-corrected chi connectivity index (χ0v) is 8.46. The fourth-order valence-corrected chi connectivity index (χ4v) is 1.16. The third kappa shape index (κ3) is 2.16. The number of hydrogen-bond acceptors (Lipinski definition) is 2. The number of benzene rings is 1. The fourth-order valence-electron chi connectivity index (χ4n) is 0.869. The Morgan fingerprint density at radius 1 is 1.43 bits per heavy atom. The molecule has 0 heterocycles. The maximum absolute atomic E-state index is 10.6. The van der Waals surface area contributed by atoms with E-state index in [4.69, 9.17) is 28.3 Å². The van der Waals surface area contributed by atoms with Crippen LogP contribution in [0.1, 0.15) is 0 Å². The Morgan fingerprint density at radius 2 is 2.07 bits per heavy atom. The van der Waals surface area contributed by atoms with Crippen molar-refractivity contribution in [2.24, 2.45) is 5.10 Å². The molecule has 0 saturated carbocycles. The molecule has 0 saturated heterocycles. The standard InChI is InChI=1S/C8H6Cl2N2O2/c1-11-12(8(13)14)5-2-3-6(9)7(10)4-5/h2-4H,1H2,(H,13,14). The molecule has 0 aromatic heterocycles. The van der Waals surface area contributed by atoms with Crippen LogP contribution in [0.5, 0.6) is 0 Å². The van der Waals surface area contributed by atoms with Crippen LogP contribution in [0.25, 0.3) is 0 Å². The summed E-state index contributed by atoms with van der Waals surface area (Å²) in [6.07, 6.45) is -1.24. The molecule has 1 amide bonds. The van der Waals surface area contributed by atoms with Gasteiger partial charge in [0.05, 0.1) is 15.7 Å². The van der Waals surface area contributed by atoms with Crippen LogP contribution in [0.3, 0.4) is 0 Å². The van der Waals surface area contributed by atoms with Gasteiger partial charge in [0.15, 0.2) is 0 Å². The SMILES string of the molecule is C=NN(C(=O)O)c1ccc(Cl)c(Cl)c1. The van der Waals surface area contributed by atoms with Gasteiger partial charge in [0.1, 0.15) is 0 Å². The van der Waals surface area contributed by atoms with Crippen LogP contribution in [0.2, 0.25) is 10.0 Å². The van der Waals surface area contributed by atoms with E-state index in [0.717, 1.165) is 0 Å². The molecule has 1 aromatic rings. The van der Waals surface area contributed by atoms with Gasteiger partial charge in [0, 0.05) is 6.72 Å². The highest BCUT2D eigenvalue weighted by molar-refractivity contribution is 6.42. The number of carbonyl (C=O) groups is 1. The lowest BCUT2D eigenvalue weighted by molar-refractivity contribution is 0.202. The van der Waals surface area contributed by atoms with Crippen LogP contribution in [-0.4, -0.2) is 17.9 Å². The Balaban J connectivity index is 3.12. The van der Waals surface area contributed by atoms with Crippen molar-refractivity contribution in [2.75, 3.05) is 5.01 Å². The molecule has 0 aliphatic carbocycles. The van der Waals surface area contributed by atoms with Gasteiger partial charge in [-0.1, -0.05) is 23.2 Å². The van der Waals surface area contributed by atoms with E-state index >= 15 is 0 Å². The lowest BCUT2D eigenvalue weighted by atomic mass is 10.3. The molecule has 74 valence electrons. The van der Waals surface area contributed by atoms with Gasteiger partial charge in [-0.2, -0.15) is 10.1 Å². The summed E-state index contributed by atoms with van der Waals surface area (Å²) in [4.78, 5) is 10.6. The minimum absolute atomic E-state index is 0.263. The number of carboxylic acid groups (broad SMARTS) is 1. The summed E-state index contributed by atoms with van der Waals surface area (Å²) in [6, 6.07) is 4.37. The Labute approximate surface area is 90.3 Å². The van der Waals surface area contributed by atoms with Crippen molar-refractivity contribution in [1.29, 1.82) is 0 Å². The van der Waals surface area contributed by atoms with Gasteiger partial charge in [-0.15, -0.1) is 0 Å². The zero-order chi connectivity index (χ0) is 10.7. The van der Waals surface area contributed by atoms with Crippen LogP contribution in [0, 0.1) is 0 Å². The second kappa shape index (κ2) is 4.30. The number of nitrogens with zero attached hydrogens (tertiary/aromatic N) is 2. The van der Waals surface area contributed by atoms with E-state index < -0.39 is 6.09 Å². The van der Waals surface area contributed by atoms with Crippen LogP contribution < -0.4 is 5.01 Å². The first kappa shape index (κ1) is 10.8. The highest BCUT2D eigenvalue weighted by Crippen LogP contribution is 2.27. The Bertz CT molecular complexity index is 382. The van der Waals surface area contributed by atoms with Crippen LogP contribution in [-0.2, 0) is 0 Å². The third-order valence-electron chi connectivity index (χ3n) is 1.47. The maximum Gasteiger partial charge on any atom is 0.432 e. The number of hydrazone groups is 1. The number of hydrogen-bond donors (Lipinski definition) is 1. The molecule has 14 heavy (non-hydrogen) atoms. The molecule has 0 aliphatic heterocycles. The summed E-state index contributed by atoms with van der Waals surface area (Å²) < 4.78 is 0. The summed E-state index contributed by atoms with van der Waals surface area (Å²) in [5.74, 6) is 0. The Kier molecular flexibility index (Phi) is 3.33. The molecular weight excluding hydrogens is 227 g/mol. The molecule has 6 heteroatoms. The summed E-state index contributed by atoms with van der Waals surface area (Å²) in [5.41, 5.74) is 0.293. The normalized spacial score (nSPS) is 9.57. The van der Waals surface area contributed by atoms with Crippen molar-refractivity contribution >= 4 is 41.7 Å². The van der Waals surface area contributed by atoms with Gasteiger partial charge in [-0.05, 0) is 18.2 Å². The summed E-state index contributed by atoms with van der Waals surface area (Å²) in [5, 5.41) is 13.3. The van der Waals surface area contributed by atoms with E-state index in [2.05, 4.69) is 11.8 Å². The molecule has 0 bridgehead atoms. The van der Waals surface area contributed by atoms with E-state index in [-0.39, 0.29) is 5.02 Å². The fraction of sp³-hybridized carbons (Fsp3) is 0. The summed E-state index contributed by atoms with van der Waals surface area (Å²) >= 11 is 11.4. The van der Waals surface area contributed by atoms with E-state index in [1.165, 1.54) is 18.2 Å². The summed E-state index contributed by atoms with van der Waals surface area (Å²) in [7, 11) is 0. The van der Waals surface area contributed by atoms with Crippen molar-refractivity contribution in [2.45, 2.75) is 0 Å². The second-order valence-electron chi connectivity index (χ2n) is 2.33. The lowest BCUT2D eigenvalue weighted by Gasteiger charge is -2.12. The van der Waals surface area contributed by atoms with Gasteiger partial charge in [-0.25, -0.2) is 4.79 Å². The van der Waals surface area contributed by atoms with Crippen molar-refractivity contribution in [3.05, 3.63) is 28.2 Å². The van der Waals surface area contributed by atoms with E-state index in [0.29, 0.717) is 15.7 Å². The molecule has 0 fully saturated rings. The number of anilines is 1. The Hall–Kier alpha value is -1.26. The van der Waals surface area contributed by atoms with E-state index in [1.807, 2.05) is 0 Å². The first-order valence-electron chi connectivity index (χ1n) is 3.51. The van der Waals surface area contributed by atoms with Crippen LogP contribution >= 0.6 is 23.2 Å². The van der Waals surface area contributed by atoms with E-state index in [9.17, 15) is 4.79 Å². The minimum Gasteiger partial charge on any atom is -0.463 e. The second-order valence-corrected chi connectivity index (χ2v) is 3.15. The molecular formula is C8H6Cl2N2O2. The smallest absolute Gasteiger partial charge is 0.432 e. The average Bonchev–Trinajstić information content (AvgIpc) is 2.11. The number of amides is 1. The lowest BCUT2D eigenvalue weighted by Crippen LogP contribution is -2.22.